The molecule has 0 fully saturated rings. The molecule has 0 unspecified atom stereocenters. The van der Waals surface area contributed by atoms with Crippen LogP contribution in [0.3, 0.4) is 0 Å². The van der Waals surface area contributed by atoms with Crippen LogP contribution in [0.4, 0.5) is 5.82 Å². The predicted molar refractivity (Wildman–Crippen MR) is 65.3 cm³/mol. The molecule has 4 nitrogen and oxygen atoms in total. The fourth-order valence-electron chi connectivity index (χ4n) is 1.57. The summed E-state index contributed by atoms with van der Waals surface area (Å²) in [4.78, 5) is 10.7. The summed E-state index contributed by atoms with van der Waals surface area (Å²) in [6.07, 6.45) is 3.35. The first-order chi connectivity index (χ1) is 7.54. The van der Waals surface area contributed by atoms with Gasteiger partial charge in [0.15, 0.2) is 0 Å². The van der Waals surface area contributed by atoms with Crippen molar-refractivity contribution < 1.29 is 5.11 Å². The van der Waals surface area contributed by atoms with E-state index in [0.29, 0.717) is 17.7 Å². The first-order valence-electron chi connectivity index (χ1n) is 5.73. The fraction of sp³-hybridized carbons (Fsp3) is 0.667. The third kappa shape index (κ3) is 3.45. The predicted octanol–water partition coefficient (Wildman–Crippen LogP) is 1.84. The van der Waals surface area contributed by atoms with Gasteiger partial charge in [-0.3, -0.25) is 4.98 Å². The van der Waals surface area contributed by atoms with Crippen molar-refractivity contribution in [3.8, 4) is 0 Å². The molecule has 0 aliphatic heterocycles. The third-order valence-electron chi connectivity index (χ3n) is 2.31. The van der Waals surface area contributed by atoms with Gasteiger partial charge in [0.2, 0.25) is 0 Å². The molecule has 0 saturated carbocycles. The van der Waals surface area contributed by atoms with Gasteiger partial charge in [0.1, 0.15) is 5.82 Å². The van der Waals surface area contributed by atoms with Crippen LogP contribution in [0.15, 0.2) is 12.4 Å². The zero-order chi connectivity index (χ0) is 12.1. The minimum atomic E-state index is -0.0611. The number of hydrogen-bond donors (Lipinski definition) is 1. The normalized spacial score (nSPS) is 11.2. The molecule has 0 saturated heterocycles. The van der Waals surface area contributed by atoms with Crippen molar-refractivity contribution in [3.63, 3.8) is 0 Å². The average molecular weight is 223 g/mol. The van der Waals surface area contributed by atoms with Crippen LogP contribution in [0.1, 0.15) is 33.4 Å². The Balaban J connectivity index is 2.91. The molecule has 1 rings (SSSR count). The smallest absolute Gasteiger partial charge is 0.147 e. The molecule has 0 bridgehead atoms. The number of anilines is 1. The van der Waals surface area contributed by atoms with Crippen molar-refractivity contribution >= 4 is 5.82 Å². The number of aromatic nitrogens is 2. The summed E-state index contributed by atoms with van der Waals surface area (Å²) in [6.45, 7) is 9.51. The van der Waals surface area contributed by atoms with Gasteiger partial charge in [-0.15, -0.1) is 0 Å². The molecular formula is C12H21N3O. The van der Waals surface area contributed by atoms with Crippen molar-refractivity contribution in [2.75, 3.05) is 11.4 Å². The molecule has 0 aromatic carbocycles. The Morgan fingerprint density at radius 2 is 1.94 bits per heavy atom. The molecule has 0 spiro atoms. The molecule has 1 N–H and O–H groups in total. The highest BCUT2D eigenvalue weighted by molar-refractivity contribution is 5.37. The number of hydrogen-bond acceptors (Lipinski definition) is 4. The van der Waals surface area contributed by atoms with Crippen molar-refractivity contribution in [1.82, 2.24) is 9.97 Å². The van der Waals surface area contributed by atoms with Gasteiger partial charge in [-0.25, -0.2) is 4.98 Å². The number of aliphatic hydroxyl groups excluding tert-OH is 1. The second-order valence-corrected chi connectivity index (χ2v) is 4.67. The first-order valence-corrected chi connectivity index (χ1v) is 5.73. The van der Waals surface area contributed by atoms with E-state index in [9.17, 15) is 0 Å². The van der Waals surface area contributed by atoms with E-state index in [-0.39, 0.29) is 6.61 Å². The Labute approximate surface area is 97.3 Å². The molecule has 16 heavy (non-hydrogen) atoms. The fourth-order valence-corrected chi connectivity index (χ4v) is 1.57. The van der Waals surface area contributed by atoms with E-state index in [4.69, 9.17) is 5.11 Å². The van der Waals surface area contributed by atoms with Crippen LogP contribution < -0.4 is 4.90 Å². The van der Waals surface area contributed by atoms with Crippen LogP contribution in [-0.2, 0) is 6.61 Å². The molecule has 90 valence electrons. The molecule has 0 aliphatic carbocycles. The lowest BCUT2D eigenvalue weighted by Crippen LogP contribution is -2.35. The van der Waals surface area contributed by atoms with Crippen LogP contribution >= 0.6 is 0 Å². The summed E-state index contributed by atoms with van der Waals surface area (Å²) in [5.41, 5.74) is 0.618. The molecule has 1 aromatic rings. The molecule has 0 aliphatic rings. The monoisotopic (exact) mass is 223 g/mol. The van der Waals surface area contributed by atoms with E-state index in [1.54, 1.807) is 12.4 Å². The topological polar surface area (TPSA) is 49.2 Å². The molecular weight excluding hydrogens is 202 g/mol. The summed E-state index contributed by atoms with van der Waals surface area (Å²) in [7, 11) is 0. The van der Waals surface area contributed by atoms with Gasteiger partial charge >= 0.3 is 0 Å². The van der Waals surface area contributed by atoms with E-state index < -0.39 is 0 Å². The second kappa shape index (κ2) is 5.80. The van der Waals surface area contributed by atoms with Crippen LogP contribution in [-0.4, -0.2) is 27.7 Å². The Hall–Kier alpha value is -1.16. The van der Waals surface area contributed by atoms with E-state index in [0.717, 1.165) is 12.4 Å². The van der Waals surface area contributed by atoms with Gasteiger partial charge in [0, 0.05) is 12.6 Å². The highest BCUT2D eigenvalue weighted by Crippen LogP contribution is 2.15. The summed E-state index contributed by atoms with van der Waals surface area (Å²) in [6, 6.07) is 0.380. The van der Waals surface area contributed by atoms with Crippen molar-refractivity contribution in [1.29, 1.82) is 0 Å². The molecule has 4 heteroatoms. The first kappa shape index (κ1) is 12.9. The minimum Gasteiger partial charge on any atom is -0.390 e. The lowest BCUT2D eigenvalue weighted by Gasteiger charge is -2.29. The second-order valence-electron chi connectivity index (χ2n) is 4.67. The standard InChI is InChI=1S/C12H21N3O/c1-9(2)7-15(10(3)4)12-6-13-5-11(8-16)14-12/h5-6,9-10,16H,7-8H2,1-4H3. The van der Waals surface area contributed by atoms with Gasteiger partial charge < -0.3 is 10.0 Å². The average Bonchev–Trinajstić information content (AvgIpc) is 2.25. The minimum absolute atomic E-state index is 0.0611. The maximum absolute atomic E-state index is 9.04. The van der Waals surface area contributed by atoms with Crippen molar-refractivity contribution in [2.24, 2.45) is 5.92 Å². The van der Waals surface area contributed by atoms with Gasteiger partial charge in [-0.2, -0.15) is 0 Å². The maximum atomic E-state index is 9.04. The lowest BCUT2D eigenvalue weighted by molar-refractivity contribution is 0.276. The van der Waals surface area contributed by atoms with Gasteiger partial charge in [0.25, 0.3) is 0 Å². The van der Waals surface area contributed by atoms with E-state index >= 15 is 0 Å². The molecule has 0 atom stereocenters. The number of aliphatic hydroxyl groups is 1. The molecule has 1 aromatic heterocycles. The summed E-state index contributed by atoms with van der Waals surface area (Å²) < 4.78 is 0. The van der Waals surface area contributed by atoms with Crippen LogP contribution in [0.25, 0.3) is 0 Å². The van der Waals surface area contributed by atoms with Gasteiger partial charge in [0.05, 0.1) is 24.7 Å². The van der Waals surface area contributed by atoms with Gasteiger partial charge in [-0.05, 0) is 19.8 Å². The van der Waals surface area contributed by atoms with Crippen LogP contribution in [0.2, 0.25) is 0 Å². The quantitative estimate of drug-likeness (QED) is 0.827. The number of rotatable bonds is 5. The zero-order valence-corrected chi connectivity index (χ0v) is 10.5. The van der Waals surface area contributed by atoms with Crippen molar-refractivity contribution in [2.45, 2.75) is 40.3 Å². The SMILES string of the molecule is CC(C)CN(c1cncc(CO)n1)C(C)C. The molecule has 0 amide bonds. The zero-order valence-electron chi connectivity index (χ0n) is 10.5. The van der Waals surface area contributed by atoms with Crippen LogP contribution in [0.5, 0.6) is 0 Å². The summed E-state index contributed by atoms with van der Waals surface area (Å²) >= 11 is 0. The molecule has 1 heterocycles. The van der Waals surface area contributed by atoms with Crippen molar-refractivity contribution in [3.05, 3.63) is 18.1 Å². The van der Waals surface area contributed by atoms with E-state index in [2.05, 4.69) is 42.6 Å². The molecule has 0 radical (unpaired) electrons. The Morgan fingerprint density at radius 3 is 2.44 bits per heavy atom. The van der Waals surface area contributed by atoms with E-state index in [1.165, 1.54) is 0 Å². The maximum Gasteiger partial charge on any atom is 0.147 e. The third-order valence-corrected chi connectivity index (χ3v) is 2.31. The van der Waals surface area contributed by atoms with Crippen LogP contribution in [0, 0.1) is 5.92 Å². The lowest BCUT2D eigenvalue weighted by atomic mass is 10.2. The Kier molecular flexibility index (Phi) is 4.68. The highest BCUT2D eigenvalue weighted by Gasteiger charge is 2.14. The largest absolute Gasteiger partial charge is 0.390 e. The van der Waals surface area contributed by atoms with Gasteiger partial charge in [-0.1, -0.05) is 13.8 Å². The Bertz CT molecular complexity index is 326. The number of nitrogens with zero attached hydrogens (tertiary/aromatic N) is 3. The summed E-state index contributed by atoms with van der Waals surface area (Å²) in [5.74, 6) is 1.41. The highest BCUT2D eigenvalue weighted by atomic mass is 16.3. The van der Waals surface area contributed by atoms with E-state index in [1.807, 2.05) is 0 Å². The Morgan fingerprint density at radius 1 is 1.25 bits per heavy atom. The summed E-state index contributed by atoms with van der Waals surface area (Å²) in [5, 5.41) is 9.04.